The lowest BCUT2D eigenvalue weighted by Gasteiger charge is -2.24. The van der Waals surface area contributed by atoms with Crippen molar-refractivity contribution in [2.75, 3.05) is 13.2 Å². The van der Waals surface area contributed by atoms with Gasteiger partial charge in [0.25, 0.3) is 11.1 Å². The number of hydrogen-bond donors (Lipinski definition) is 0. The predicted octanol–water partition coefficient (Wildman–Crippen LogP) is 3.63. The Kier molecular flexibility index (Phi) is 5.98. The monoisotopic (exact) mass is 652 g/mol. The molecule has 0 spiro atoms. The van der Waals surface area contributed by atoms with Crippen LogP contribution in [0.25, 0.3) is 11.3 Å². The van der Waals surface area contributed by atoms with Gasteiger partial charge < -0.3 is 18.6 Å². The number of ether oxygens (including phenoxy) is 2. The van der Waals surface area contributed by atoms with Crippen molar-refractivity contribution < 1.29 is 9.47 Å². The van der Waals surface area contributed by atoms with E-state index in [0.29, 0.717) is 43.0 Å². The van der Waals surface area contributed by atoms with Crippen LogP contribution in [0.1, 0.15) is 111 Å². The maximum absolute atomic E-state index is 13.1. The Morgan fingerprint density at radius 1 is 0.562 bits per heavy atom. The summed E-state index contributed by atoms with van der Waals surface area (Å²) in [5, 5.41) is 17.8. The lowest BCUT2D eigenvalue weighted by atomic mass is 9.99. The SMILES string of the molecule is O=c1c2nnc(C3(C4CC4)CC3)n2c2c(n1CC1CC1)CCOC2.O=c1c2nnc(C3(C4CC4)CC3)n2c2c(n1CC1CC1)COCC2. The largest absolute Gasteiger partial charge is 0.375 e. The Hall–Kier alpha value is -3.38. The highest BCUT2D eigenvalue weighted by molar-refractivity contribution is 5.45. The van der Waals surface area contributed by atoms with Gasteiger partial charge in [0.2, 0.25) is 11.3 Å². The first-order chi connectivity index (χ1) is 23.6. The van der Waals surface area contributed by atoms with Crippen molar-refractivity contribution in [3.8, 4) is 0 Å². The van der Waals surface area contributed by atoms with Gasteiger partial charge in [-0.2, -0.15) is 0 Å². The zero-order valence-electron chi connectivity index (χ0n) is 27.7. The molecule has 4 aromatic heterocycles. The maximum Gasteiger partial charge on any atom is 0.296 e. The highest BCUT2D eigenvalue weighted by atomic mass is 16.5. The molecule has 0 saturated heterocycles. The second kappa shape index (κ2) is 10.1. The second-order valence-corrected chi connectivity index (χ2v) is 16.3. The van der Waals surface area contributed by atoms with Gasteiger partial charge in [-0.15, -0.1) is 20.4 Å². The molecule has 0 N–H and O–H groups in total. The first-order valence-electron chi connectivity index (χ1n) is 18.7. The smallest absolute Gasteiger partial charge is 0.296 e. The first-order valence-corrected chi connectivity index (χ1v) is 18.7. The average molecular weight is 653 g/mol. The molecule has 0 unspecified atom stereocenters. The minimum absolute atomic E-state index is 0.0245. The van der Waals surface area contributed by atoms with Crippen molar-refractivity contribution in [1.82, 2.24) is 38.3 Å². The molecule has 6 heterocycles. The second-order valence-electron chi connectivity index (χ2n) is 16.3. The Balaban J connectivity index is 0.000000117. The van der Waals surface area contributed by atoms with Crippen LogP contribution in [0.5, 0.6) is 0 Å². The fraction of sp³-hybridized carbons (Fsp3) is 0.722. The van der Waals surface area contributed by atoms with E-state index in [1.165, 1.54) is 88.4 Å². The van der Waals surface area contributed by atoms with E-state index in [1.54, 1.807) is 0 Å². The molecule has 6 fully saturated rings. The standard InChI is InChI=1S/2C18H22N4O2/c23-16-15-19-20-17(18(6-7-18)12-3-4-12)22(15)13-5-8-24-10-14(13)21(16)9-11-1-2-11;23-16-15-19-20-17(18(6-7-18)12-3-4-12)22(15)14-10-24-8-5-13(14)21(16)9-11-1-2-11/h2*11-12H,1-10H2. The predicted molar refractivity (Wildman–Crippen MR) is 174 cm³/mol. The summed E-state index contributed by atoms with van der Waals surface area (Å²) in [6, 6.07) is 0. The fourth-order valence-corrected chi connectivity index (χ4v) is 9.25. The zero-order chi connectivity index (χ0) is 31.8. The molecule has 4 aromatic rings. The number of fused-ring (bicyclic) bond motifs is 6. The summed E-state index contributed by atoms with van der Waals surface area (Å²) in [4.78, 5) is 26.2. The summed E-state index contributed by atoms with van der Waals surface area (Å²) in [7, 11) is 0. The topological polar surface area (TPSA) is 123 Å². The van der Waals surface area contributed by atoms with Gasteiger partial charge in [0, 0.05) is 42.5 Å². The third-order valence-corrected chi connectivity index (χ3v) is 13.0. The van der Waals surface area contributed by atoms with Gasteiger partial charge in [0.05, 0.1) is 43.5 Å². The minimum Gasteiger partial charge on any atom is -0.375 e. The van der Waals surface area contributed by atoms with Gasteiger partial charge in [-0.05, 0) is 101 Å². The molecule has 12 nitrogen and oxygen atoms in total. The molecule has 0 amide bonds. The van der Waals surface area contributed by atoms with Gasteiger partial charge in [0.15, 0.2) is 0 Å². The van der Waals surface area contributed by atoms with Gasteiger partial charge in [-0.3, -0.25) is 18.4 Å². The molecule has 8 aliphatic rings. The van der Waals surface area contributed by atoms with Crippen LogP contribution in [0.3, 0.4) is 0 Å². The van der Waals surface area contributed by atoms with Crippen LogP contribution in [0.15, 0.2) is 9.59 Å². The van der Waals surface area contributed by atoms with Crippen molar-refractivity contribution in [2.24, 2.45) is 23.7 Å². The molecule has 6 saturated carbocycles. The van der Waals surface area contributed by atoms with Crippen LogP contribution in [-0.2, 0) is 59.4 Å². The van der Waals surface area contributed by atoms with E-state index < -0.39 is 0 Å². The van der Waals surface area contributed by atoms with Crippen molar-refractivity contribution in [3.63, 3.8) is 0 Å². The van der Waals surface area contributed by atoms with E-state index in [-0.39, 0.29) is 21.9 Å². The fourth-order valence-electron chi connectivity index (χ4n) is 9.25. The quantitative estimate of drug-likeness (QED) is 0.283. The number of rotatable bonds is 8. The highest BCUT2D eigenvalue weighted by Gasteiger charge is 2.59. The third kappa shape index (κ3) is 4.33. The van der Waals surface area contributed by atoms with Crippen molar-refractivity contribution >= 4 is 11.3 Å². The van der Waals surface area contributed by atoms with E-state index in [2.05, 4.69) is 29.2 Å². The molecule has 2 aliphatic heterocycles. The summed E-state index contributed by atoms with van der Waals surface area (Å²) in [5.74, 6) is 4.93. The average Bonchev–Trinajstić information content (AvgIpc) is 3.90. The summed E-state index contributed by atoms with van der Waals surface area (Å²) in [6.07, 6.45) is 16.6. The van der Waals surface area contributed by atoms with Gasteiger partial charge >= 0.3 is 0 Å². The van der Waals surface area contributed by atoms with E-state index in [9.17, 15) is 9.59 Å². The van der Waals surface area contributed by atoms with Crippen LogP contribution >= 0.6 is 0 Å². The summed E-state index contributed by atoms with van der Waals surface area (Å²) in [5.41, 5.74) is 6.12. The summed E-state index contributed by atoms with van der Waals surface area (Å²) in [6.45, 7) is 4.19. The Labute approximate surface area is 277 Å². The number of aromatic nitrogens is 8. The van der Waals surface area contributed by atoms with Crippen molar-refractivity contribution in [2.45, 2.75) is 127 Å². The lowest BCUT2D eigenvalue weighted by Crippen LogP contribution is -2.33. The minimum atomic E-state index is 0.0245. The molecule has 12 heteroatoms. The molecule has 0 atom stereocenters. The normalized spacial score (nSPS) is 25.0. The van der Waals surface area contributed by atoms with Crippen LogP contribution in [0.4, 0.5) is 0 Å². The van der Waals surface area contributed by atoms with E-state index >= 15 is 0 Å². The molecular weight excluding hydrogens is 608 g/mol. The summed E-state index contributed by atoms with van der Waals surface area (Å²) >= 11 is 0. The van der Waals surface area contributed by atoms with Crippen LogP contribution in [0, 0.1) is 23.7 Å². The van der Waals surface area contributed by atoms with Gasteiger partial charge in [-0.25, -0.2) is 0 Å². The highest BCUT2D eigenvalue weighted by Crippen LogP contribution is 2.62. The molecular formula is C36H44N8O4. The molecule has 0 bridgehead atoms. The van der Waals surface area contributed by atoms with Crippen LogP contribution in [-0.4, -0.2) is 51.5 Å². The maximum atomic E-state index is 13.1. The van der Waals surface area contributed by atoms with E-state index in [1.807, 2.05) is 9.13 Å². The van der Waals surface area contributed by atoms with Gasteiger partial charge in [0.1, 0.15) is 11.6 Å². The first kappa shape index (κ1) is 28.5. The van der Waals surface area contributed by atoms with Gasteiger partial charge in [-0.1, -0.05) is 0 Å². The van der Waals surface area contributed by atoms with E-state index in [4.69, 9.17) is 9.47 Å². The molecule has 6 aliphatic carbocycles. The van der Waals surface area contributed by atoms with Crippen molar-refractivity contribution in [3.05, 3.63) is 55.1 Å². The summed E-state index contributed by atoms with van der Waals surface area (Å²) < 4.78 is 19.6. The molecule has 0 aromatic carbocycles. The molecule has 0 radical (unpaired) electrons. The lowest BCUT2D eigenvalue weighted by molar-refractivity contribution is 0.100. The Morgan fingerprint density at radius 3 is 1.50 bits per heavy atom. The number of hydrogen-bond acceptors (Lipinski definition) is 8. The van der Waals surface area contributed by atoms with Crippen molar-refractivity contribution in [1.29, 1.82) is 0 Å². The van der Waals surface area contributed by atoms with E-state index in [0.717, 1.165) is 67.4 Å². The molecule has 12 rings (SSSR count). The Bertz CT molecular complexity index is 1950. The Morgan fingerprint density at radius 2 is 1.02 bits per heavy atom. The van der Waals surface area contributed by atoms with Crippen LogP contribution < -0.4 is 11.1 Å². The number of nitrogens with zero attached hydrogens (tertiary/aromatic N) is 8. The third-order valence-electron chi connectivity index (χ3n) is 13.0. The zero-order valence-corrected chi connectivity index (χ0v) is 27.7. The molecule has 252 valence electrons. The molecule has 48 heavy (non-hydrogen) atoms. The van der Waals surface area contributed by atoms with Crippen LogP contribution in [0.2, 0.25) is 0 Å².